The van der Waals surface area contributed by atoms with Crippen LogP contribution < -0.4 is 5.32 Å². The van der Waals surface area contributed by atoms with Gasteiger partial charge in [0.2, 0.25) is 0 Å². The highest BCUT2D eigenvalue weighted by Gasteiger charge is 2.30. The van der Waals surface area contributed by atoms with E-state index < -0.39 is 17.6 Å². The zero-order chi connectivity index (χ0) is 19.6. The molecule has 2 aromatic heterocycles. The van der Waals surface area contributed by atoms with Crippen molar-refractivity contribution in [3.05, 3.63) is 60.0 Å². The van der Waals surface area contributed by atoms with Crippen LogP contribution in [-0.4, -0.2) is 15.7 Å². The molecule has 142 valence electrons. The van der Waals surface area contributed by atoms with Gasteiger partial charge in [-0.2, -0.15) is 18.3 Å². The van der Waals surface area contributed by atoms with Crippen molar-refractivity contribution in [2.75, 3.05) is 5.32 Å². The smallest absolute Gasteiger partial charge is 0.416 e. The predicted octanol–water partition coefficient (Wildman–Crippen LogP) is 5.07. The van der Waals surface area contributed by atoms with Crippen molar-refractivity contribution in [1.82, 2.24) is 9.78 Å². The van der Waals surface area contributed by atoms with Gasteiger partial charge in [-0.3, -0.25) is 4.79 Å². The summed E-state index contributed by atoms with van der Waals surface area (Å²) in [5.74, 6) is 0.544. The Morgan fingerprint density at radius 2 is 2.00 bits per heavy atom. The molecule has 0 saturated carbocycles. The van der Waals surface area contributed by atoms with E-state index in [1.165, 1.54) is 24.3 Å². The van der Waals surface area contributed by atoms with Crippen molar-refractivity contribution in [2.45, 2.75) is 26.6 Å². The molecule has 0 aliphatic carbocycles. The average molecular weight is 377 g/mol. The molecule has 3 rings (SSSR count). The number of furan rings is 1. The Labute approximate surface area is 153 Å². The van der Waals surface area contributed by atoms with Gasteiger partial charge in [-0.1, -0.05) is 26.0 Å². The fourth-order valence-corrected chi connectivity index (χ4v) is 2.57. The van der Waals surface area contributed by atoms with Crippen molar-refractivity contribution in [3.63, 3.8) is 0 Å². The highest BCUT2D eigenvalue weighted by atomic mass is 19.4. The monoisotopic (exact) mass is 377 g/mol. The fourth-order valence-electron chi connectivity index (χ4n) is 2.57. The molecule has 0 spiro atoms. The molecule has 1 amide bonds. The molecule has 2 heterocycles. The topological polar surface area (TPSA) is 60.1 Å². The molecule has 0 aliphatic heterocycles. The van der Waals surface area contributed by atoms with E-state index in [1.54, 1.807) is 16.9 Å². The molecule has 0 bridgehead atoms. The number of alkyl halides is 3. The number of anilines is 1. The second-order valence-corrected chi connectivity index (χ2v) is 6.49. The second-order valence-electron chi connectivity index (χ2n) is 6.49. The van der Waals surface area contributed by atoms with E-state index in [0.717, 1.165) is 12.1 Å². The lowest BCUT2D eigenvalue weighted by Gasteiger charge is -2.10. The number of hydrogen-bond donors (Lipinski definition) is 1. The van der Waals surface area contributed by atoms with Crippen LogP contribution in [0.15, 0.2) is 53.1 Å². The van der Waals surface area contributed by atoms with Crippen LogP contribution in [0.2, 0.25) is 0 Å². The minimum atomic E-state index is -4.45. The fraction of sp³-hybridized carbons (Fsp3) is 0.263. The maximum atomic E-state index is 12.9. The lowest BCUT2D eigenvalue weighted by Crippen LogP contribution is -2.16. The van der Waals surface area contributed by atoms with Gasteiger partial charge in [-0.25, -0.2) is 4.68 Å². The van der Waals surface area contributed by atoms with Crippen LogP contribution in [0.5, 0.6) is 0 Å². The Hall–Kier alpha value is -3.03. The van der Waals surface area contributed by atoms with E-state index in [0.29, 0.717) is 18.3 Å². The van der Waals surface area contributed by atoms with E-state index >= 15 is 0 Å². The molecule has 8 heteroatoms. The average Bonchev–Trinajstić information content (AvgIpc) is 3.24. The summed E-state index contributed by atoms with van der Waals surface area (Å²) in [6, 6.07) is 9.31. The Morgan fingerprint density at radius 1 is 1.22 bits per heavy atom. The minimum absolute atomic E-state index is 0.000270. The van der Waals surface area contributed by atoms with Gasteiger partial charge in [0.1, 0.15) is 11.6 Å². The highest BCUT2D eigenvalue weighted by molar-refractivity contribution is 6.02. The second kappa shape index (κ2) is 7.30. The zero-order valence-corrected chi connectivity index (χ0v) is 14.7. The van der Waals surface area contributed by atoms with Crippen LogP contribution in [0, 0.1) is 5.92 Å². The summed E-state index contributed by atoms with van der Waals surface area (Å²) < 4.78 is 45.7. The van der Waals surface area contributed by atoms with Gasteiger partial charge in [-0.05, 0) is 30.2 Å². The quantitative estimate of drug-likeness (QED) is 0.675. The van der Waals surface area contributed by atoms with E-state index in [9.17, 15) is 18.0 Å². The van der Waals surface area contributed by atoms with Crippen LogP contribution in [0.25, 0.3) is 11.3 Å². The lowest BCUT2D eigenvalue weighted by atomic mass is 10.1. The zero-order valence-electron chi connectivity index (χ0n) is 14.7. The molecule has 0 unspecified atom stereocenters. The van der Waals surface area contributed by atoms with Crippen molar-refractivity contribution < 1.29 is 22.4 Å². The molecule has 27 heavy (non-hydrogen) atoms. The summed E-state index contributed by atoms with van der Waals surface area (Å²) >= 11 is 0. The molecule has 0 fully saturated rings. The minimum Gasteiger partial charge on any atom is -0.451 e. The number of benzene rings is 1. The predicted molar refractivity (Wildman–Crippen MR) is 94.2 cm³/mol. The SMILES string of the molecule is CC(C)Cn1nccc1NC(=O)c1ccc(-c2cccc(C(F)(F)F)c2)o1. The third-order valence-corrected chi connectivity index (χ3v) is 3.80. The summed E-state index contributed by atoms with van der Waals surface area (Å²) in [4.78, 5) is 12.4. The number of amides is 1. The Balaban J connectivity index is 1.78. The first-order valence-electron chi connectivity index (χ1n) is 8.34. The van der Waals surface area contributed by atoms with E-state index in [2.05, 4.69) is 10.4 Å². The van der Waals surface area contributed by atoms with Gasteiger partial charge in [0.25, 0.3) is 5.91 Å². The number of nitrogens with one attached hydrogen (secondary N) is 1. The molecule has 1 N–H and O–H groups in total. The van der Waals surface area contributed by atoms with E-state index in [4.69, 9.17) is 4.42 Å². The first kappa shape index (κ1) is 18.8. The summed E-state index contributed by atoms with van der Waals surface area (Å²) in [7, 11) is 0. The summed E-state index contributed by atoms with van der Waals surface area (Å²) in [6.45, 7) is 4.69. The standard InChI is InChI=1S/C19H18F3N3O2/c1-12(2)11-25-17(8-9-23-25)24-18(26)16-7-6-15(27-16)13-4-3-5-14(10-13)19(20,21)22/h3-10,12H,11H2,1-2H3,(H,24,26). The molecule has 0 radical (unpaired) electrons. The summed E-state index contributed by atoms with van der Waals surface area (Å²) in [5.41, 5.74) is -0.534. The van der Waals surface area contributed by atoms with Gasteiger partial charge < -0.3 is 9.73 Å². The third kappa shape index (κ3) is 4.39. The molecule has 0 aliphatic rings. The lowest BCUT2D eigenvalue weighted by molar-refractivity contribution is -0.137. The molecule has 1 aromatic carbocycles. The maximum absolute atomic E-state index is 12.9. The van der Waals surface area contributed by atoms with Crippen LogP contribution in [0.1, 0.15) is 30.0 Å². The molecule has 0 saturated heterocycles. The van der Waals surface area contributed by atoms with Gasteiger partial charge in [0.15, 0.2) is 5.76 Å². The highest BCUT2D eigenvalue weighted by Crippen LogP contribution is 2.32. The largest absolute Gasteiger partial charge is 0.451 e. The van der Waals surface area contributed by atoms with Crippen molar-refractivity contribution in [2.24, 2.45) is 5.92 Å². The maximum Gasteiger partial charge on any atom is 0.416 e. The molecule has 3 aromatic rings. The number of halogens is 3. The molecular formula is C19H18F3N3O2. The third-order valence-electron chi connectivity index (χ3n) is 3.80. The van der Waals surface area contributed by atoms with Crippen LogP contribution >= 0.6 is 0 Å². The Kier molecular flexibility index (Phi) is 5.07. The molecular weight excluding hydrogens is 359 g/mol. The number of rotatable bonds is 5. The number of hydrogen-bond acceptors (Lipinski definition) is 3. The Bertz CT molecular complexity index is 942. The van der Waals surface area contributed by atoms with Gasteiger partial charge in [-0.15, -0.1) is 0 Å². The normalized spacial score (nSPS) is 11.8. The number of carbonyl (C=O) groups excluding carboxylic acids is 1. The van der Waals surface area contributed by atoms with Gasteiger partial charge >= 0.3 is 6.18 Å². The van der Waals surface area contributed by atoms with Crippen LogP contribution in [0.4, 0.5) is 19.0 Å². The van der Waals surface area contributed by atoms with Gasteiger partial charge in [0.05, 0.1) is 11.8 Å². The first-order valence-corrected chi connectivity index (χ1v) is 8.34. The van der Waals surface area contributed by atoms with Crippen molar-refractivity contribution in [3.8, 4) is 11.3 Å². The van der Waals surface area contributed by atoms with Gasteiger partial charge in [0, 0.05) is 18.2 Å². The number of aromatic nitrogens is 2. The summed E-state index contributed by atoms with van der Waals surface area (Å²) in [5, 5.41) is 6.85. The Morgan fingerprint density at radius 3 is 2.70 bits per heavy atom. The van der Waals surface area contributed by atoms with E-state index in [1.807, 2.05) is 13.8 Å². The number of carbonyl (C=O) groups is 1. The van der Waals surface area contributed by atoms with E-state index in [-0.39, 0.29) is 17.1 Å². The van der Waals surface area contributed by atoms with Crippen molar-refractivity contribution in [1.29, 1.82) is 0 Å². The number of nitrogens with zero attached hydrogens (tertiary/aromatic N) is 2. The summed E-state index contributed by atoms with van der Waals surface area (Å²) in [6.07, 6.45) is -2.87. The van der Waals surface area contributed by atoms with Crippen molar-refractivity contribution >= 4 is 11.7 Å². The first-order chi connectivity index (χ1) is 12.7. The van der Waals surface area contributed by atoms with Crippen LogP contribution in [0.3, 0.4) is 0 Å². The molecule has 5 nitrogen and oxygen atoms in total. The molecule has 0 atom stereocenters. The van der Waals surface area contributed by atoms with Crippen LogP contribution in [-0.2, 0) is 12.7 Å².